The number of rotatable bonds is 3. The molecule has 0 aromatic heterocycles. The minimum absolute atomic E-state index is 0.0346. The molecular weight excluding hydrogens is 196 g/mol. The van der Waals surface area contributed by atoms with E-state index < -0.39 is 5.60 Å². The standard InChI is InChI=1S/C10H20N2O3/c1-10(2)7-12(9(14)3-4-11)5-8(6-13)15-10/h8,13H,3-7,11H2,1-2H3. The summed E-state index contributed by atoms with van der Waals surface area (Å²) in [7, 11) is 0. The van der Waals surface area contributed by atoms with Crippen LogP contribution in [0.3, 0.4) is 0 Å². The number of amides is 1. The Balaban J connectivity index is 2.61. The highest BCUT2D eigenvalue weighted by atomic mass is 16.5. The van der Waals surface area contributed by atoms with Crippen LogP contribution in [0.5, 0.6) is 0 Å². The molecule has 0 saturated carbocycles. The Morgan fingerprint density at radius 3 is 2.87 bits per heavy atom. The molecule has 0 spiro atoms. The van der Waals surface area contributed by atoms with Gasteiger partial charge < -0.3 is 20.5 Å². The Hall–Kier alpha value is -0.650. The summed E-state index contributed by atoms with van der Waals surface area (Å²) in [5, 5.41) is 9.07. The Bertz CT molecular complexity index is 231. The summed E-state index contributed by atoms with van der Waals surface area (Å²) in [4.78, 5) is 13.4. The zero-order valence-corrected chi connectivity index (χ0v) is 9.40. The summed E-state index contributed by atoms with van der Waals surface area (Å²) in [5.74, 6) is 0.0346. The summed E-state index contributed by atoms with van der Waals surface area (Å²) in [6, 6.07) is 0. The van der Waals surface area contributed by atoms with Crippen LogP contribution in [0.2, 0.25) is 0 Å². The largest absolute Gasteiger partial charge is 0.394 e. The summed E-state index contributed by atoms with van der Waals surface area (Å²) < 4.78 is 5.61. The first kappa shape index (κ1) is 12.4. The lowest BCUT2D eigenvalue weighted by Gasteiger charge is -2.42. The van der Waals surface area contributed by atoms with E-state index in [1.165, 1.54) is 0 Å². The molecule has 15 heavy (non-hydrogen) atoms. The van der Waals surface area contributed by atoms with E-state index in [-0.39, 0.29) is 18.6 Å². The van der Waals surface area contributed by atoms with Crippen LogP contribution in [-0.2, 0) is 9.53 Å². The third-order valence-corrected chi connectivity index (χ3v) is 2.40. The molecule has 0 aromatic carbocycles. The first-order valence-corrected chi connectivity index (χ1v) is 5.25. The van der Waals surface area contributed by atoms with Crippen LogP contribution >= 0.6 is 0 Å². The van der Waals surface area contributed by atoms with Crippen molar-refractivity contribution in [1.82, 2.24) is 4.90 Å². The predicted molar refractivity (Wildman–Crippen MR) is 56.3 cm³/mol. The average Bonchev–Trinajstić information content (AvgIpc) is 2.15. The van der Waals surface area contributed by atoms with Gasteiger partial charge in [0, 0.05) is 26.1 Å². The number of ether oxygens (including phenoxy) is 1. The van der Waals surface area contributed by atoms with Gasteiger partial charge in [-0.3, -0.25) is 4.79 Å². The molecule has 1 atom stereocenters. The fourth-order valence-electron chi connectivity index (χ4n) is 1.86. The maximum Gasteiger partial charge on any atom is 0.224 e. The molecule has 5 heteroatoms. The first-order chi connectivity index (χ1) is 6.98. The van der Waals surface area contributed by atoms with Crippen molar-refractivity contribution in [2.45, 2.75) is 32.0 Å². The number of carbonyl (C=O) groups is 1. The van der Waals surface area contributed by atoms with Gasteiger partial charge >= 0.3 is 0 Å². The third-order valence-electron chi connectivity index (χ3n) is 2.40. The number of hydrogen-bond donors (Lipinski definition) is 2. The zero-order chi connectivity index (χ0) is 11.5. The Labute approximate surface area is 90.2 Å². The van der Waals surface area contributed by atoms with Crippen LogP contribution in [0.4, 0.5) is 0 Å². The quantitative estimate of drug-likeness (QED) is 0.656. The second-order valence-corrected chi connectivity index (χ2v) is 4.50. The highest BCUT2D eigenvalue weighted by molar-refractivity contribution is 5.76. The smallest absolute Gasteiger partial charge is 0.224 e. The SMILES string of the molecule is CC1(C)CN(C(=O)CCN)CC(CO)O1. The zero-order valence-electron chi connectivity index (χ0n) is 9.40. The van der Waals surface area contributed by atoms with Gasteiger partial charge in [0.1, 0.15) is 0 Å². The van der Waals surface area contributed by atoms with Crippen molar-refractivity contribution in [1.29, 1.82) is 0 Å². The second kappa shape index (κ2) is 4.92. The molecule has 1 heterocycles. The fourth-order valence-corrected chi connectivity index (χ4v) is 1.86. The molecule has 1 fully saturated rings. The van der Waals surface area contributed by atoms with Crippen LogP contribution in [-0.4, -0.2) is 53.9 Å². The maximum atomic E-state index is 11.7. The topological polar surface area (TPSA) is 75.8 Å². The van der Waals surface area contributed by atoms with Crippen molar-refractivity contribution in [3.63, 3.8) is 0 Å². The molecule has 88 valence electrons. The van der Waals surface area contributed by atoms with Crippen LogP contribution in [0.15, 0.2) is 0 Å². The fraction of sp³-hybridized carbons (Fsp3) is 0.900. The van der Waals surface area contributed by atoms with E-state index in [1.807, 2.05) is 13.8 Å². The molecule has 1 aliphatic rings. The third kappa shape index (κ3) is 3.44. The molecule has 1 saturated heterocycles. The Kier molecular flexibility index (Phi) is 4.07. The summed E-state index contributed by atoms with van der Waals surface area (Å²) in [6.07, 6.45) is 0.0734. The van der Waals surface area contributed by atoms with Gasteiger partial charge in [-0.15, -0.1) is 0 Å². The van der Waals surface area contributed by atoms with Crippen molar-refractivity contribution in [3.8, 4) is 0 Å². The van der Waals surface area contributed by atoms with Gasteiger partial charge in [0.25, 0.3) is 0 Å². The summed E-state index contributed by atoms with van der Waals surface area (Å²) in [5.41, 5.74) is 4.95. The van der Waals surface area contributed by atoms with Gasteiger partial charge in [-0.25, -0.2) is 0 Å². The van der Waals surface area contributed by atoms with Crippen LogP contribution in [0.1, 0.15) is 20.3 Å². The van der Waals surface area contributed by atoms with E-state index in [4.69, 9.17) is 15.6 Å². The lowest BCUT2D eigenvalue weighted by molar-refractivity contribution is -0.166. The van der Waals surface area contributed by atoms with Gasteiger partial charge in [-0.1, -0.05) is 0 Å². The van der Waals surface area contributed by atoms with Crippen LogP contribution in [0, 0.1) is 0 Å². The molecule has 0 aromatic rings. The van der Waals surface area contributed by atoms with Crippen molar-refractivity contribution >= 4 is 5.91 Å². The van der Waals surface area contributed by atoms with E-state index in [1.54, 1.807) is 4.90 Å². The van der Waals surface area contributed by atoms with Crippen molar-refractivity contribution < 1.29 is 14.6 Å². The van der Waals surface area contributed by atoms with E-state index in [9.17, 15) is 4.79 Å². The number of aliphatic hydroxyl groups excluding tert-OH is 1. The first-order valence-electron chi connectivity index (χ1n) is 5.25. The molecule has 5 nitrogen and oxygen atoms in total. The van der Waals surface area contributed by atoms with E-state index >= 15 is 0 Å². The highest BCUT2D eigenvalue weighted by Gasteiger charge is 2.34. The lowest BCUT2D eigenvalue weighted by Crippen LogP contribution is -2.55. The number of nitrogens with two attached hydrogens (primary N) is 1. The highest BCUT2D eigenvalue weighted by Crippen LogP contribution is 2.21. The lowest BCUT2D eigenvalue weighted by atomic mass is 10.0. The van der Waals surface area contributed by atoms with Gasteiger partial charge in [-0.2, -0.15) is 0 Å². The molecule has 1 unspecified atom stereocenters. The van der Waals surface area contributed by atoms with Crippen LogP contribution < -0.4 is 5.73 Å². The number of hydrogen-bond acceptors (Lipinski definition) is 4. The van der Waals surface area contributed by atoms with E-state index in [0.29, 0.717) is 26.1 Å². The molecule has 1 rings (SSSR count). The van der Waals surface area contributed by atoms with Gasteiger partial charge in [0.05, 0.1) is 18.3 Å². The molecule has 1 aliphatic heterocycles. The van der Waals surface area contributed by atoms with Gasteiger partial charge in [0.15, 0.2) is 0 Å². The number of morpholine rings is 1. The second-order valence-electron chi connectivity index (χ2n) is 4.50. The van der Waals surface area contributed by atoms with E-state index in [2.05, 4.69) is 0 Å². The van der Waals surface area contributed by atoms with Gasteiger partial charge in [-0.05, 0) is 13.8 Å². The van der Waals surface area contributed by atoms with Crippen LogP contribution in [0.25, 0.3) is 0 Å². The minimum atomic E-state index is -0.393. The van der Waals surface area contributed by atoms with Crippen molar-refractivity contribution in [2.24, 2.45) is 5.73 Å². The molecule has 0 aliphatic carbocycles. The Morgan fingerprint density at radius 2 is 2.33 bits per heavy atom. The van der Waals surface area contributed by atoms with Gasteiger partial charge in [0.2, 0.25) is 5.91 Å². The summed E-state index contributed by atoms with van der Waals surface area (Å²) in [6.45, 7) is 5.15. The molecule has 3 N–H and O–H groups in total. The van der Waals surface area contributed by atoms with Crippen molar-refractivity contribution in [3.05, 3.63) is 0 Å². The molecule has 0 radical (unpaired) electrons. The van der Waals surface area contributed by atoms with Crippen molar-refractivity contribution in [2.75, 3.05) is 26.2 Å². The monoisotopic (exact) mass is 216 g/mol. The Morgan fingerprint density at radius 1 is 1.67 bits per heavy atom. The summed E-state index contributed by atoms with van der Waals surface area (Å²) >= 11 is 0. The predicted octanol–water partition coefficient (Wildman–Crippen LogP) is -0.666. The van der Waals surface area contributed by atoms with E-state index in [0.717, 1.165) is 0 Å². The number of nitrogens with zero attached hydrogens (tertiary/aromatic N) is 1. The average molecular weight is 216 g/mol. The number of aliphatic hydroxyl groups is 1. The molecule has 1 amide bonds. The number of carbonyl (C=O) groups excluding carboxylic acids is 1. The normalized spacial score (nSPS) is 25.3. The maximum absolute atomic E-state index is 11.7. The molecular formula is C10H20N2O3. The minimum Gasteiger partial charge on any atom is -0.394 e. The molecule has 0 bridgehead atoms.